The first-order valence-corrected chi connectivity index (χ1v) is 8.88. The number of rotatable bonds is 5. The molecule has 0 radical (unpaired) electrons. The monoisotopic (exact) mass is 362 g/mol. The molecule has 0 saturated carbocycles. The fourth-order valence-electron chi connectivity index (χ4n) is 3.89. The number of carbonyl (C=O) groups excluding carboxylic acids is 3. The van der Waals surface area contributed by atoms with Crippen LogP contribution in [0.2, 0.25) is 0 Å². The van der Waals surface area contributed by atoms with Crippen molar-refractivity contribution in [2.24, 2.45) is 7.05 Å². The zero-order chi connectivity index (χ0) is 18.8. The summed E-state index contributed by atoms with van der Waals surface area (Å²) in [5.41, 5.74) is 1.01. The largest absolute Gasteiger partial charge is 0.354 e. The minimum Gasteiger partial charge on any atom is -0.354 e. The number of carbonyl (C=O) groups is 3. The molecule has 9 nitrogen and oxygen atoms in total. The summed E-state index contributed by atoms with van der Waals surface area (Å²) in [6, 6.07) is 1.57. The summed E-state index contributed by atoms with van der Waals surface area (Å²) in [5, 5.41) is 9.88. The van der Waals surface area contributed by atoms with E-state index in [9.17, 15) is 14.4 Å². The van der Waals surface area contributed by atoms with Crippen LogP contribution in [0.5, 0.6) is 0 Å². The van der Waals surface area contributed by atoms with Crippen molar-refractivity contribution in [1.29, 1.82) is 0 Å². The number of fused-ring (bicyclic) bond motifs is 1. The molecule has 1 aromatic rings. The first kappa shape index (κ1) is 18.4. The van der Waals surface area contributed by atoms with E-state index in [1.165, 1.54) is 13.8 Å². The van der Waals surface area contributed by atoms with Crippen molar-refractivity contribution in [3.63, 3.8) is 0 Å². The highest BCUT2D eigenvalue weighted by atomic mass is 16.2. The molecule has 2 aliphatic rings. The number of aromatic nitrogens is 2. The number of amides is 3. The molecule has 26 heavy (non-hydrogen) atoms. The van der Waals surface area contributed by atoms with Crippen LogP contribution in [0.1, 0.15) is 26.0 Å². The Bertz CT molecular complexity index is 702. The van der Waals surface area contributed by atoms with E-state index >= 15 is 0 Å². The van der Waals surface area contributed by atoms with E-state index in [4.69, 9.17) is 0 Å². The molecule has 0 unspecified atom stereocenters. The van der Waals surface area contributed by atoms with E-state index < -0.39 is 6.04 Å². The van der Waals surface area contributed by atoms with Gasteiger partial charge in [0.15, 0.2) is 0 Å². The van der Waals surface area contributed by atoms with E-state index in [0.29, 0.717) is 19.6 Å². The fraction of sp³-hybridized carbons (Fsp3) is 0.647. The summed E-state index contributed by atoms with van der Waals surface area (Å²) in [5.74, 6) is -0.230. The molecule has 0 spiro atoms. The summed E-state index contributed by atoms with van der Waals surface area (Å²) in [4.78, 5) is 39.7. The molecule has 2 saturated heterocycles. The van der Waals surface area contributed by atoms with Gasteiger partial charge in [0, 0.05) is 65.4 Å². The predicted molar refractivity (Wildman–Crippen MR) is 93.8 cm³/mol. The second kappa shape index (κ2) is 7.45. The van der Waals surface area contributed by atoms with E-state index in [1.807, 2.05) is 18.0 Å². The van der Waals surface area contributed by atoms with Crippen LogP contribution in [-0.4, -0.2) is 75.1 Å². The SMILES string of the molecule is CC(=O)NC[C@H]1C(=O)N2C[C@@H](NC(C)=O)C[C@H]2CN1Cc1ccnn1C. The van der Waals surface area contributed by atoms with Gasteiger partial charge in [-0.1, -0.05) is 0 Å². The van der Waals surface area contributed by atoms with Gasteiger partial charge >= 0.3 is 0 Å². The number of nitrogens with one attached hydrogen (secondary N) is 2. The van der Waals surface area contributed by atoms with Crippen molar-refractivity contribution in [3.05, 3.63) is 18.0 Å². The topological polar surface area (TPSA) is 99.6 Å². The van der Waals surface area contributed by atoms with Crippen LogP contribution in [-0.2, 0) is 28.0 Å². The van der Waals surface area contributed by atoms with Crippen molar-refractivity contribution in [2.45, 2.75) is 44.9 Å². The summed E-state index contributed by atoms with van der Waals surface area (Å²) >= 11 is 0. The number of aryl methyl sites for hydroxylation is 1. The summed E-state index contributed by atoms with van der Waals surface area (Å²) in [6.07, 6.45) is 2.48. The highest BCUT2D eigenvalue weighted by Crippen LogP contribution is 2.27. The molecular formula is C17H26N6O3. The van der Waals surface area contributed by atoms with Gasteiger partial charge in [0.1, 0.15) is 6.04 Å². The number of hydrogen-bond donors (Lipinski definition) is 2. The van der Waals surface area contributed by atoms with Crippen LogP contribution < -0.4 is 10.6 Å². The zero-order valence-corrected chi connectivity index (χ0v) is 15.4. The Labute approximate surface area is 152 Å². The smallest absolute Gasteiger partial charge is 0.242 e. The van der Waals surface area contributed by atoms with Crippen LogP contribution >= 0.6 is 0 Å². The normalized spacial score (nSPS) is 25.9. The van der Waals surface area contributed by atoms with Crippen LogP contribution in [0.25, 0.3) is 0 Å². The maximum Gasteiger partial charge on any atom is 0.242 e. The number of hydrogen-bond acceptors (Lipinski definition) is 5. The minimum atomic E-state index is -0.416. The average molecular weight is 362 g/mol. The molecule has 2 aliphatic heterocycles. The zero-order valence-electron chi connectivity index (χ0n) is 15.4. The number of piperazine rings is 1. The van der Waals surface area contributed by atoms with Crippen LogP contribution in [0.3, 0.4) is 0 Å². The molecule has 2 fully saturated rings. The van der Waals surface area contributed by atoms with Gasteiger partial charge in [0.25, 0.3) is 0 Å². The Hall–Kier alpha value is -2.42. The molecule has 3 heterocycles. The average Bonchev–Trinajstić information content (AvgIpc) is 3.12. The van der Waals surface area contributed by atoms with Gasteiger partial charge in [-0.25, -0.2) is 0 Å². The summed E-state index contributed by atoms with van der Waals surface area (Å²) in [6.45, 7) is 5.04. The minimum absolute atomic E-state index is 0.00465. The molecule has 3 atom stereocenters. The maximum absolute atomic E-state index is 13.1. The Morgan fingerprint density at radius 2 is 2.04 bits per heavy atom. The van der Waals surface area contributed by atoms with Crippen LogP contribution in [0, 0.1) is 0 Å². The summed E-state index contributed by atoms with van der Waals surface area (Å²) < 4.78 is 1.79. The van der Waals surface area contributed by atoms with Gasteiger partial charge in [-0.2, -0.15) is 5.10 Å². The molecule has 0 aromatic carbocycles. The lowest BCUT2D eigenvalue weighted by atomic mass is 10.0. The molecule has 2 N–H and O–H groups in total. The lowest BCUT2D eigenvalue weighted by Crippen LogP contribution is -2.62. The van der Waals surface area contributed by atoms with Gasteiger partial charge in [0.2, 0.25) is 17.7 Å². The quantitative estimate of drug-likeness (QED) is 0.689. The molecule has 1 aromatic heterocycles. The van der Waals surface area contributed by atoms with Gasteiger partial charge in [-0.05, 0) is 12.5 Å². The lowest BCUT2D eigenvalue weighted by molar-refractivity contribution is -0.144. The third kappa shape index (κ3) is 3.87. The van der Waals surface area contributed by atoms with Gasteiger partial charge < -0.3 is 15.5 Å². The number of nitrogens with zero attached hydrogens (tertiary/aromatic N) is 4. The van der Waals surface area contributed by atoms with Crippen LogP contribution in [0.15, 0.2) is 12.3 Å². The molecule has 142 valence electrons. The molecule has 3 rings (SSSR count). The van der Waals surface area contributed by atoms with Gasteiger partial charge in [0.05, 0.1) is 5.69 Å². The van der Waals surface area contributed by atoms with E-state index in [1.54, 1.807) is 10.9 Å². The third-order valence-corrected chi connectivity index (χ3v) is 5.11. The van der Waals surface area contributed by atoms with Crippen molar-refractivity contribution < 1.29 is 14.4 Å². The lowest BCUT2D eigenvalue weighted by Gasteiger charge is -2.42. The van der Waals surface area contributed by atoms with Crippen molar-refractivity contribution in [2.75, 3.05) is 19.6 Å². The first-order valence-electron chi connectivity index (χ1n) is 8.88. The predicted octanol–water partition coefficient (Wildman–Crippen LogP) is -1.15. The Morgan fingerprint density at radius 3 is 2.65 bits per heavy atom. The second-order valence-electron chi connectivity index (χ2n) is 7.11. The Morgan fingerprint density at radius 1 is 1.27 bits per heavy atom. The fourth-order valence-corrected chi connectivity index (χ4v) is 3.89. The van der Waals surface area contributed by atoms with E-state index in [0.717, 1.165) is 12.1 Å². The highest BCUT2D eigenvalue weighted by molar-refractivity contribution is 5.85. The van der Waals surface area contributed by atoms with E-state index in [2.05, 4.69) is 20.6 Å². The van der Waals surface area contributed by atoms with E-state index in [-0.39, 0.29) is 36.3 Å². The molecule has 0 aliphatic carbocycles. The first-order chi connectivity index (χ1) is 12.3. The molecule has 9 heteroatoms. The molecule has 3 amide bonds. The van der Waals surface area contributed by atoms with Gasteiger partial charge in [-0.15, -0.1) is 0 Å². The van der Waals surface area contributed by atoms with Crippen molar-refractivity contribution in [3.8, 4) is 0 Å². The second-order valence-corrected chi connectivity index (χ2v) is 7.11. The highest BCUT2D eigenvalue weighted by Gasteiger charge is 2.45. The Kier molecular flexibility index (Phi) is 5.26. The Balaban J connectivity index is 1.77. The van der Waals surface area contributed by atoms with Crippen LogP contribution in [0.4, 0.5) is 0 Å². The van der Waals surface area contributed by atoms with Crippen molar-refractivity contribution in [1.82, 2.24) is 30.2 Å². The maximum atomic E-state index is 13.1. The standard InChI is InChI=1S/C17H26N6O3/c1-11(24)18-7-16-17(26)23-8-13(20-12(2)25)6-15(23)10-22(16)9-14-4-5-19-21(14)3/h4-5,13,15-16H,6-10H2,1-3H3,(H,18,24)(H,20,25)/t13-,15-,16-/m0/s1. The van der Waals surface area contributed by atoms with Gasteiger partial charge in [-0.3, -0.25) is 24.0 Å². The summed E-state index contributed by atoms with van der Waals surface area (Å²) in [7, 11) is 1.87. The van der Waals surface area contributed by atoms with Crippen molar-refractivity contribution >= 4 is 17.7 Å². The third-order valence-electron chi connectivity index (χ3n) is 5.11. The molecule has 0 bridgehead atoms. The molecular weight excluding hydrogens is 336 g/mol.